The van der Waals surface area contributed by atoms with Crippen LogP contribution in [0.25, 0.3) is 0 Å². The number of sulfonamides is 1. The summed E-state index contributed by atoms with van der Waals surface area (Å²) in [4.78, 5) is 12.7. The Hall–Kier alpha value is -1.86. The molecule has 1 saturated carbocycles. The van der Waals surface area contributed by atoms with Crippen LogP contribution in [0.2, 0.25) is 0 Å². The fourth-order valence-corrected chi connectivity index (χ4v) is 4.49. The Balaban J connectivity index is 1.63. The van der Waals surface area contributed by atoms with Crippen molar-refractivity contribution in [1.82, 2.24) is 5.32 Å². The minimum absolute atomic E-state index is 0.00916. The molecule has 0 unspecified atom stereocenters. The molecule has 1 amide bonds. The third-order valence-electron chi connectivity index (χ3n) is 3.49. The molecule has 3 rings (SSSR count). The predicted molar refractivity (Wildman–Crippen MR) is 91.2 cm³/mol. The molecule has 0 atom stereocenters. The lowest BCUT2D eigenvalue weighted by Gasteiger charge is -2.08. The molecule has 1 aromatic heterocycles. The lowest BCUT2D eigenvalue weighted by atomic mass is 10.1. The maximum Gasteiger partial charge on any atom is 0.271 e. The zero-order chi connectivity index (χ0) is 16.4. The highest BCUT2D eigenvalue weighted by Crippen LogP contribution is 2.23. The smallest absolute Gasteiger partial charge is 0.271 e. The molecule has 1 aliphatic rings. The van der Waals surface area contributed by atoms with Crippen molar-refractivity contribution in [2.45, 2.75) is 36.4 Å². The number of thiophene rings is 1. The number of rotatable bonds is 6. The maximum atomic E-state index is 12.2. The van der Waals surface area contributed by atoms with E-state index in [4.69, 9.17) is 0 Å². The first-order chi connectivity index (χ1) is 10.9. The summed E-state index contributed by atoms with van der Waals surface area (Å²) in [6.45, 7) is 1.87. The van der Waals surface area contributed by atoms with Crippen molar-refractivity contribution in [3.8, 4) is 0 Å². The Morgan fingerprint density at radius 1 is 1.17 bits per heavy atom. The number of nitrogens with one attached hydrogen (secondary N) is 2. The van der Waals surface area contributed by atoms with Gasteiger partial charge >= 0.3 is 0 Å². The molecule has 0 radical (unpaired) electrons. The average molecular weight is 350 g/mol. The van der Waals surface area contributed by atoms with Gasteiger partial charge in [-0.1, -0.05) is 12.1 Å². The van der Waals surface area contributed by atoms with Crippen molar-refractivity contribution >= 4 is 33.0 Å². The summed E-state index contributed by atoms with van der Waals surface area (Å²) in [5.41, 5.74) is 1.35. The van der Waals surface area contributed by atoms with Crippen molar-refractivity contribution in [1.29, 1.82) is 0 Å². The van der Waals surface area contributed by atoms with Gasteiger partial charge in [-0.05, 0) is 49.6 Å². The van der Waals surface area contributed by atoms with E-state index in [-0.39, 0.29) is 5.91 Å². The largest absolute Gasteiger partial charge is 0.353 e. The molecule has 0 saturated heterocycles. The van der Waals surface area contributed by atoms with Crippen molar-refractivity contribution in [3.05, 3.63) is 46.8 Å². The van der Waals surface area contributed by atoms with Gasteiger partial charge in [0, 0.05) is 16.6 Å². The molecular weight excluding hydrogens is 332 g/mol. The summed E-state index contributed by atoms with van der Waals surface area (Å²) in [5, 5.41) is 2.93. The van der Waals surface area contributed by atoms with Crippen LogP contribution in [0.1, 0.15) is 23.3 Å². The first-order valence-corrected chi connectivity index (χ1v) is 9.70. The van der Waals surface area contributed by atoms with Gasteiger partial charge in [0.05, 0.1) is 6.42 Å². The zero-order valence-corrected chi connectivity index (χ0v) is 14.3. The van der Waals surface area contributed by atoms with E-state index in [1.54, 1.807) is 36.4 Å². The topological polar surface area (TPSA) is 75.3 Å². The third-order valence-corrected chi connectivity index (χ3v) is 6.37. The fourth-order valence-electron chi connectivity index (χ4n) is 2.14. The van der Waals surface area contributed by atoms with Gasteiger partial charge in [0.25, 0.3) is 10.0 Å². The molecule has 2 aromatic rings. The number of hydrogen-bond donors (Lipinski definition) is 2. The zero-order valence-electron chi connectivity index (χ0n) is 12.7. The number of carbonyl (C=O) groups excluding carboxylic acids is 1. The molecule has 1 aromatic carbocycles. The summed E-state index contributed by atoms with van der Waals surface area (Å²) in [6, 6.07) is 10.6. The Morgan fingerprint density at radius 3 is 2.43 bits per heavy atom. The molecule has 1 heterocycles. The molecule has 122 valence electrons. The van der Waals surface area contributed by atoms with Gasteiger partial charge < -0.3 is 5.32 Å². The first-order valence-electron chi connectivity index (χ1n) is 7.40. The van der Waals surface area contributed by atoms with Crippen LogP contribution in [-0.2, 0) is 21.2 Å². The standard InChI is InChI=1S/C16H18N2O3S2/c1-11-2-9-16(22-11)23(20,21)18-14-5-3-12(4-6-14)10-15(19)17-13-7-8-13/h2-6,9,13,18H,7-8,10H2,1H3,(H,17,19). The second-order valence-corrected chi connectivity index (χ2v) is 8.88. The van der Waals surface area contributed by atoms with E-state index >= 15 is 0 Å². The summed E-state index contributed by atoms with van der Waals surface area (Å²) >= 11 is 1.23. The maximum absolute atomic E-state index is 12.2. The molecule has 2 N–H and O–H groups in total. The molecule has 5 nitrogen and oxygen atoms in total. The van der Waals surface area contributed by atoms with Crippen molar-refractivity contribution in [3.63, 3.8) is 0 Å². The minimum atomic E-state index is -3.55. The van der Waals surface area contributed by atoms with Gasteiger partial charge in [0.1, 0.15) is 4.21 Å². The third kappa shape index (κ3) is 4.33. The average Bonchev–Trinajstić information content (AvgIpc) is 3.18. The van der Waals surface area contributed by atoms with E-state index < -0.39 is 10.0 Å². The molecule has 23 heavy (non-hydrogen) atoms. The lowest BCUT2D eigenvalue weighted by molar-refractivity contribution is -0.120. The summed E-state index contributed by atoms with van der Waals surface area (Å²) in [5.74, 6) is 0.00916. The molecule has 1 aliphatic carbocycles. The normalized spacial score (nSPS) is 14.5. The number of anilines is 1. The number of benzene rings is 1. The van der Waals surface area contributed by atoms with E-state index in [0.29, 0.717) is 22.4 Å². The van der Waals surface area contributed by atoms with Crippen LogP contribution in [0.15, 0.2) is 40.6 Å². The van der Waals surface area contributed by atoms with Gasteiger partial charge in [0.15, 0.2) is 0 Å². The minimum Gasteiger partial charge on any atom is -0.353 e. The quantitative estimate of drug-likeness (QED) is 0.841. The van der Waals surface area contributed by atoms with Crippen LogP contribution in [0.4, 0.5) is 5.69 Å². The highest BCUT2D eigenvalue weighted by Gasteiger charge is 2.23. The Morgan fingerprint density at radius 2 is 1.87 bits per heavy atom. The van der Waals surface area contributed by atoms with Gasteiger partial charge in [-0.3, -0.25) is 9.52 Å². The number of aryl methyl sites for hydroxylation is 1. The van der Waals surface area contributed by atoms with Crippen molar-refractivity contribution in [2.24, 2.45) is 0 Å². The molecule has 0 bridgehead atoms. The van der Waals surface area contributed by atoms with E-state index in [2.05, 4.69) is 10.0 Å². The fraction of sp³-hybridized carbons (Fsp3) is 0.312. The SMILES string of the molecule is Cc1ccc(S(=O)(=O)Nc2ccc(CC(=O)NC3CC3)cc2)s1. The first kappa shape index (κ1) is 16.0. The molecular formula is C16H18N2O3S2. The Labute approximate surface area is 139 Å². The van der Waals surface area contributed by atoms with Gasteiger partial charge in [-0.15, -0.1) is 11.3 Å². The molecule has 0 aliphatic heterocycles. The Kier molecular flexibility index (Phi) is 4.41. The summed E-state index contributed by atoms with van der Waals surface area (Å²) in [7, 11) is -3.55. The predicted octanol–water partition coefficient (Wildman–Crippen LogP) is 2.68. The van der Waals surface area contributed by atoms with E-state index in [1.165, 1.54) is 11.3 Å². The Bertz CT molecular complexity index is 806. The molecule has 0 spiro atoms. The summed E-state index contributed by atoms with van der Waals surface area (Å²) in [6.07, 6.45) is 2.44. The molecule has 1 fully saturated rings. The van der Waals surface area contributed by atoms with Crippen LogP contribution >= 0.6 is 11.3 Å². The van der Waals surface area contributed by atoms with Gasteiger partial charge in [-0.2, -0.15) is 0 Å². The monoisotopic (exact) mass is 350 g/mol. The van der Waals surface area contributed by atoms with Crippen LogP contribution in [-0.4, -0.2) is 20.4 Å². The van der Waals surface area contributed by atoms with Crippen LogP contribution in [0, 0.1) is 6.92 Å². The number of amides is 1. The van der Waals surface area contributed by atoms with Crippen LogP contribution < -0.4 is 10.0 Å². The van der Waals surface area contributed by atoms with Gasteiger partial charge in [-0.25, -0.2) is 8.42 Å². The van der Waals surface area contributed by atoms with E-state index in [0.717, 1.165) is 23.3 Å². The van der Waals surface area contributed by atoms with Crippen molar-refractivity contribution in [2.75, 3.05) is 4.72 Å². The van der Waals surface area contributed by atoms with Crippen molar-refractivity contribution < 1.29 is 13.2 Å². The highest BCUT2D eigenvalue weighted by molar-refractivity contribution is 7.94. The number of carbonyl (C=O) groups is 1. The lowest BCUT2D eigenvalue weighted by Crippen LogP contribution is -2.26. The van der Waals surface area contributed by atoms with E-state index in [9.17, 15) is 13.2 Å². The molecule has 7 heteroatoms. The van der Waals surface area contributed by atoms with Crippen LogP contribution in [0.5, 0.6) is 0 Å². The van der Waals surface area contributed by atoms with E-state index in [1.807, 2.05) is 6.92 Å². The number of hydrogen-bond acceptors (Lipinski definition) is 4. The second kappa shape index (κ2) is 6.33. The van der Waals surface area contributed by atoms with Gasteiger partial charge in [0.2, 0.25) is 5.91 Å². The van der Waals surface area contributed by atoms with Crippen LogP contribution in [0.3, 0.4) is 0 Å². The second-order valence-electron chi connectivity index (χ2n) is 5.69. The summed E-state index contributed by atoms with van der Waals surface area (Å²) < 4.78 is 27.3. The highest BCUT2D eigenvalue weighted by atomic mass is 32.2.